The molecule has 1 aromatic carbocycles. The molecule has 0 aliphatic carbocycles. The van der Waals surface area contributed by atoms with Crippen molar-refractivity contribution >= 4 is 0 Å². The second kappa shape index (κ2) is 10.6. The average Bonchev–Trinajstić information content (AvgIpc) is 2.54. The number of methoxy groups -OCH3 is 3. The van der Waals surface area contributed by atoms with Crippen LogP contribution in [0.4, 0.5) is 0 Å². The number of benzene rings is 1. The van der Waals surface area contributed by atoms with E-state index in [4.69, 9.17) is 14.2 Å². The van der Waals surface area contributed by atoms with Gasteiger partial charge < -0.3 is 19.3 Å². The highest BCUT2D eigenvalue weighted by Crippen LogP contribution is 2.20. The number of ether oxygens (including phenoxy) is 3. The van der Waals surface area contributed by atoms with E-state index in [0.29, 0.717) is 19.6 Å². The summed E-state index contributed by atoms with van der Waals surface area (Å²) in [5.41, 5.74) is 0.911. The Morgan fingerprint density at radius 3 is 2.00 bits per heavy atom. The van der Waals surface area contributed by atoms with E-state index in [9.17, 15) is 5.11 Å². The lowest BCUT2D eigenvalue weighted by Crippen LogP contribution is -2.32. The van der Waals surface area contributed by atoms with Crippen LogP contribution < -0.4 is 4.74 Å². The molecule has 120 valence electrons. The Morgan fingerprint density at radius 2 is 1.52 bits per heavy atom. The topological polar surface area (TPSA) is 51.2 Å². The predicted octanol–water partition coefficient (Wildman–Crippen LogP) is 1.71. The molecule has 0 aliphatic heterocycles. The Bertz CT molecular complexity index is 361. The lowest BCUT2D eigenvalue weighted by Gasteiger charge is -2.23. The summed E-state index contributed by atoms with van der Waals surface area (Å²) in [6.07, 6.45) is 0.211. The van der Waals surface area contributed by atoms with Gasteiger partial charge in [-0.3, -0.25) is 4.90 Å². The lowest BCUT2D eigenvalue weighted by atomic mass is 10.1. The van der Waals surface area contributed by atoms with Crippen LogP contribution in [-0.2, 0) is 9.47 Å². The molecule has 1 rings (SSSR count). The van der Waals surface area contributed by atoms with E-state index in [-0.39, 0.29) is 0 Å². The van der Waals surface area contributed by atoms with Crippen molar-refractivity contribution in [2.75, 3.05) is 54.2 Å². The number of nitrogens with zero attached hydrogens (tertiary/aromatic N) is 1. The van der Waals surface area contributed by atoms with Gasteiger partial charge >= 0.3 is 0 Å². The second-order valence-electron chi connectivity index (χ2n) is 4.90. The number of rotatable bonds is 11. The monoisotopic (exact) mass is 297 g/mol. The van der Waals surface area contributed by atoms with Gasteiger partial charge in [-0.05, 0) is 24.1 Å². The lowest BCUT2D eigenvalue weighted by molar-refractivity contribution is 0.0945. The molecular formula is C16H27NO4. The minimum atomic E-state index is -0.469. The van der Waals surface area contributed by atoms with E-state index < -0.39 is 6.10 Å². The molecule has 0 spiro atoms. The molecule has 5 nitrogen and oxygen atoms in total. The zero-order valence-electron chi connectivity index (χ0n) is 13.2. The first-order valence-electron chi connectivity index (χ1n) is 7.23. The van der Waals surface area contributed by atoms with E-state index in [0.717, 1.165) is 30.9 Å². The molecule has 0 amide bonds. The third-order valence-electron chi connectivity index (χ3n) is 3.44. The Labute approximate surface area is 127 Å². The fraction of sp³-hybridized carbons (Fsp3) is 0.625. The maximum absolute atomic E-state index is 10.3. The van der Waals surface area contributed by atoms with Crippen molar-refractivity contribution in [1.29, 1.82) is 0 Å². The largest absolute Gasteiger partial charge is 0.497 e. The molecule has 0 aliphatic rings. The molecule has 1 aromatic rings. The van der Waals surface area contributed by atoms with Crippen molar-refractivity contribution in [2.24, 2.45) is 0 Å². The van der Waals surface area contributed by atoms with Crippen LogP contribution in [0, 0.1) is 0 Å². The summed E-state index contributed by atoms with van der Waals surface area (Å²) in [7, 11) is 5.02. The summed E-state index contributed by atoms with van der Waals surface area (Å²) < 4.78 is 15.3. The van der Waals surface area contributed by atoms with Crippen LogP contribution in [0.3, 0.4) is 0 Å². The summed E-state index contributed by atoms with van der Waals surface area (Å²) in [5, 5.41) is 10.3. The molecule has 21 heavy (non-hydrogen) atoms. The minimum absolute atomic E-state index is 0.469. The summed E-state index contributed by atoms with van der Waals surface area (Å²) in [5.74, 6) is 0.799. The van der Waals surface area contributed by atoms with E-state index >= 15 is 0 Å². The van der Waals surface area contributed by atoms with Gasteiger partial charge in [-0.15, -0.1) is 0 Å². The first kappa shape index (κ1) is 17.9. The van der Waals surface area contributed by atoms with Crippen LogP contribution in [0.25, 0.3) is 0 Å². The third-order valence-corrected chi connectivity index (χ3v) is 3.44. The first-order valence-corrected chi connectivity index (χ1v) is 7.23. The Hall–Kier alpha value is -1.14. The molecule has 0 radical (unpaired) electrons. The van der Waals surface area contributed by atoms with Gasteiger partial charge in [0.1, 0.15) is 5.75 Å². The van der Waals surface area contributed by atoms with Crippen LogP contribution in [-0.4, -0.2) is 64.2 Å². The number of aliphatic hydroxyl groups excluding tert-OH is 1. The minimum Gasteiger partial charge on any atom is -0.497 e. The van der Waals surface area contributed by atoms with Gasteiger partial charge in [-0.2, -0.15) is 0 Å². The highest BCUT2D eigenvalue weighted by atomic mass is 16.5. The van der Waals surface area contributed by atoms with E-state index in [1.807, 2.05) is 24.3 Å². The summed E-state index contributed by atoms with van der Waals surface area (Å²) >= 11 is 0. The molecule has 0 saturated carbocycles. The molecule has 0 saturated heterocycles. The quantitative estimate of drug-likeness (QED) is 0.674. The summed E-state index contributed by atoms with van der Waals surface area (Å²) in [6.45, 7) is 3.86. The Morgan fingerprint density at radius 1 is 0.952 bits per heavy atom. The maximum Gasteiger partial charge on any atom is 0.118 e. The molecule has 0 bridgehead atoms. The van der Waals surface area contributed by atoms with Crippen molar-refractivity contribution in [3.8, 4) is 5.75 Å². The Balaban J connectivity index is 2.44. The van der Waals surface area contributed by atoms with Crippen LogP contribution in [0.2, 0.25) is 0 Å². The first-order chi connectivity index (χ1) is 10.2. The number of hydrogen-bond acceptors (Lipinski definition) is 5. The van der Waals surface area contributed by atoms with Crippen molar-refractivity contribution in [2.45, 2.75) is 12.5 Å². The van der Waals surface area contributed by atoms with Crippen LogP contribution >= 0.6 is 0 Å². The molecule has 1 N–H and O–H groups in total. The van der Waals surface area contributed by atoms with Gasteiger partial charge in [0.2, 0.25) is 0 Å². The molecule has 0 aromatic heterocycles. The molecule has 0 fully saturated rings. The van der Waals surface area contributed by atoms with E-state index in [1.165, 1.54) is 0 Å². The summed E-state index contributed by atoms with van der Waals surface area (Å²) in [6, 6.07) is 7.54. The number of aliphatic hydroxyl groups is 1. The molecule has 1 unspecified atom stereocenters. The standard InChI is InChI=1S/C16H27NO4/c1-19-12-10-17(11-13-20-2)9-8-16(18)14-4-6-15(21-3)7-5-14/h4-7,16,18H,8-13H2,1-3H3. The molecule has 1 atom stereocenters. The van der Waals surface area contributed by atoms with Crippen molar-refractivity contribution in [3.05, 3.63) is 29.8 Å². The van der Waals surface area contributed by atoms with Crippen LogP contribution in [0.1, 0.15) is 18.1 Å². The number of hydrogen-bond donors (Lipinski definition) is 1. The van der Waals surface area contributed by atoms with Crippen LogP contribution in [0.15, 0.2) is 24.3 Å². The zero-order valence-corrected chi connectivity index (χ0v) is 13.2. The summed E-state index contributed by atoms with van der Waals surface area (Å²) in [4.78, 5) is 2.24. The third kappa shape index (κ3) is 6.91. The average molecular weight is 297 g/mol. The van der Waals surface area contributed by atoms with E-state index in [2.05, 4.69) is 4.90 Å². The second-order valence-corrected chi connectivity index (χ2v) is 4.90. The fourth-order valence-corrected chi connectivity index (χ4v) is 2.07. The van der Waals surface area contributed by atoms with Crippen molar-refractivity contribution in [3.63, 3.8) is 0 Å². The van der Waals surface area contributed by atoms with Gasteiger partial charge in [0.05, 0.1) is 26.4 Å². The predicted molar refractivity (Wildman–Crippen MR) is 82.8 cm³/mol. The highest BCUT2D eigenvalue weighted by molar-refractivity contribution is 5.28. The molecule has 0 heterocycles. The molecule has 5 heteroatoms. The van der Waals surface area contributed by atoms with Gasteiger partial charge in [-0.25, -0.2) is 0 Å². The normalized spacial score (nSPS) is 12.6. The van der Waals surface area contributed by atoms with Crippen molar-refractivity contribution in [1.82, 2.24) is 4.90 Å². The highest BCUT2D eigenvalue weighted by Gasteiger charge is 2.11. The Kier molecular flexibility index (Phi) is 9.01. The zero-order chi connectivity index (χ0) is 15.5. The van der Waals surface area contributed by atoms with Gasteiger partial charge in [0.15, 0.2) is 0 Å². The smallest absolute Gasteiger partial charge is 0.118 e. The fourth-order valence-electron chi connectivity index (χ4n) is 2.07. The molecular weight excluding hydrogens is 270 g/mol. The van der Waals surface area contributed by atoms with Gasteiger partial charge in [0.25, 0.3) is 0 Å². The van der Waals surface area contributed by atoms with E-state index in [1.54, 1.807) is 21.3 Å². The SMILES string of the molecule is COCCN(CCOC)CCC(O)c1ccc(OC)cc1. The van der Waals surface area contributed by atoms with Gasteiger partial charge in [-0.1, -0.05) is 12.1 Å². The van der Waals surface area contributed by atoms with Crippen LogP contribution in [0.5, 0.6) is 5.75 Å². The maximum atomic E-state index is 10.3. The van der Waals surface area contributed by atoms with Crippen molar-refractivity contribution < 1.29 is 19.3 Å². The van der Waals surface area contributed by atoms with Gasteiger partial charge in [0, 0.05) is 33.9 Å².